The van der Waals surface area contributed by atoms with E-state index in [4.69, 9.17) is 14.2 Å². The monoisotopic (exact) mass is 330 g/mol. The third kappa shape index (κ3) is 4.16. The number of esters is 1. The van der Waals surface area contributed by atoms with Crippen molar-refractivity contribution < 1.29 is 19.0 Å². The minimum atomic E-state index is -0.440. The molecule has 0 saturated heterocycles. The number of benzene rings is 1. The SMILES string of the molecule is COC(=O)c1cc(N(C)CCc2ccc(OC)c(OC)c2)ccn1. The first-order valence-corrected chi connectivity index (χ1v) is 7.55. The van der Waals surface area contributed by atoms with Crippen molar-refractivity contribution in [2.45, 2.75) is 6.42 Å². The third-order valence-corrected chi connectivity index (χ3v) is 3.76. The molecule has 1 aromatic carbocycles. The number of likely N-dealkylation sites (N-methyl/N-ethyl adjacent to an activating group) is 1. The van der Waals surface area contributed by atoms with E-state index in [1.165, 1.54) is 7.11 Å². The number of hydrogen-bond donors (Lipinski definition) is 0. The molecule has 24 heavy (non-hydrogen) atoms. The Balaban J connectivity index is 2.05. The molecule has 0 fully saturated rings. The number of rotatable bonds is 7. The Labute approximate surface area is 142 Å². The quantitative estimate of drug-likeness (QED) is 0.727. The molecule has 0 unspecified atom stereocenters. The minimum Gasteiger partial charge on any atom is -0.493 e. The highest BCUT2D eigenvalue weighted by Gasteiger charge is 2.10. The van der Waals surface area contributed by atoms with E-state index < -0.39 is 5.97 Å². The summed E-state index contributed by atoms with van der Waals surface area (Å²) in [6, 6.07) is 9.47. The number of ether oxygens (including phenoxy) is 3. The van der Waals surface area contributed by atoms with Crippen LogP contribution in [0.25, 0.3) is 0 Å². The van der Waals surface area contributed by atoms with Crippen molar-refractivity contribution in [3.05, 3.63) is 47.8 Å². The van der Waals surface area contributed by atoms with Crippen LogP contribution in [-0.4, -0.2) is 45.9 Å². The van der Waals surface area contributed by atoms with Gasteiger partial charge in [0.05, 0.1) is 21.3 Å². The number of aromatic nitrogens is 1. The molecule has 2 aromatic rings. The second kappa shape index (κ2) is 8.19. The fraction of sp³-hybridized carbons (Fsp3) is 0.333. The fourth-order valence-electron chi connectivity index (χ4n) is 2.34. The van der Waals surface area contributed by atoms with Crippen LogP contribution in [0.3, 0.4) is 0 Å². The highest BCUT2D eigenvalue weighted by atomic mass is 16.5. The minimum absolute atomic E-state index is 0.299. The summed E-state index contributed by atoms with van der Waals surface area (Å²) in [4.78, 5) is 17.7. The van der Waals surface area contributed by atoms with Crippen LogP contribution in [0.2, 0.25) is 0 Å². The van der Waals surface area contributed by atoms with Gasteiger partial charge < -0.3 is 19.1 Å². The van der Waals surface area contributed by atoms with Crippen molar-refractivity contribution in [1.29, 1.82) is 0 Å². The van der Waals surface area contributed by atoms with Crippen LogP contribution in [0.1, 0.15) is 16.1 Å². The molecule has 0 bridgehead atoms. The summed E-state index contributed by atoms with van der Waals surface area (Å²) >= 11 is 0. The number of hydrogen-bond acceptors (Lipinski definition) is 6. The first-order chi connectivity index (χ1) is 11.6. The van der Waals surface area contributed by atoms with E-state index in [0.29, 0.717) is 11.4 Å². The van der Waals surface area contributed by atoms with Gasteiger partial charge in [-0.25, -0.2) is 9.78 Å². The number of carbonyl (C=O) groups is 1. The van der Waals surface area contributed by atoms with E-state index in [-0.39, 0.29) is 0 Å². The molecule has 128 valence electrons. The van der Waals surface area contributed by atoms with Crippen LogP contribution in [0.15, 0.2) is 36.5 Å². The lowest BCUT2D eigenvalue weighted by molar-refractivity contribution is 0.0594. The number of carbonyl (C=O) groups excluding carboxylic acids is 1. The summed E-state index contributed by atoms with van der Waals surface area (Å²) in [5.41, 5.74) is 2.35. The molecule has 0 radical (unpaired) electrons. The Morgan fingerprint density at radius 3 is 2.50 bits per heavy atom. The predicted octanol–water partition coefficient (Wildman–Crippen LogP) is 2.56. The van der Waals surface area contributed by atoms with Gasteiger partial charge in [-0.1, -0.05) is 6.07 Å². The van der Waals surface area contributed by atoms with E-state index in [1.54, 1.807) is 26.5 Å². The molecular formula is C18H22N2O4. The molecule has 0 aliphatic carbocycles. The zero-order valence-electron chi connectivity index (χ0n) is 14.4. The Hall–Kier alpha value is -2.76. The highest BCUT2D eigenvalue weighted by Crippen LogP contribution is 2.27. The number of nitrogens with zero attached hydrogens (tertiary/aromatic N) is 2. The van der Waals surface area contributed by atoms with Crippen molar-refractivity contribution in [2.24, 2.45) is 0 Å². The summed E-state index contributed by atoms with van der Waals surface area (Å²) in [6.45, 7) is 0.778. The standard InChI is InChI=1S/C18H22N2O4/c1-20(14-7-9-19-15(12-14)18(21)24-4)10-8-13-5-6-16(22-2)17(11-13)23-3/h5-7,9,11-12H,8,10H2,1-4H3. The topological polar surface area (TPSA) is 60.9 Å². The summed E-state index contributed by atoms with van der Waals surface area (Å²) in [5, 5.41) is 0. The first-order valence-electron chi connectivity index (χ1n) is 7.55. The molecule has 2 rings (SSSR count). The lowest BCUT2D eigenvalue weighted by Crippen LogP contribution is -2.21. The fourth-order valence-corrected chi connectivity index (χ4v) is 2.34. The number of pyridine rings is 1. The van der Waals surface area contributed by atoms with Crippen molar-refractivity contribution in [3.8, 4) is 11.5 Å². The zero-order chi connectivity index (χ0) is 17.5. The van der Waals surface area contributed by atoms with Crippen molar-refractivity contribution in [3.63, 3.8) is 0 Å². The number of anilines is 1. The van der Waals surface area contributed by atoms with E-state index in [0.717, 1.165) is 30.0 Å². The smallest absolute Gasteiger partial charge is 0.356 e. The molecule has 0 saturated carbocycles. The van der Waals surface area contributed by atoms with Gasteiger partial charge in [-0.2, -0.15) is 0 Å². The Morgan fingerprint density at radius 1 is 1.08 bits per heavy atom. The second-order valence-electron chi connectivity index (χ2n) is 5.25. The molecule has 0 aliphatic heterocycles. The van der Waals surface area contributed by atoms with E-state index in [2.05, 4.69) is 9.88 Å². The maximum Gasteiger partial charge on any atom is 0.356 e. The molecule has 0 atom stereocenters. The third-order valence-electron chi connectivity index (χ3n) is 3.76. The maximum atomic E-state index is 11.6. The van der Waals surface area contributed by atoms with Crippen LogP contribution in [0.5, 0.6) is 11.5 Å². The van der Waals surface area contributed by atoms with Gasteiger partial charge in [0.15, 0.2) is 11.5 Å². The Kier molecular flexibility index (Phi) is 6.01. The van der Waals surface area contributed by atoms with Crippen LogP contribution < -0.4 is 14.4 Å². The van der Waals surface area contributed by atoms with Crippen molar-refractivity contribution >= 4 is 11.7 Å². The lowest BCUT2D eigenvalue weighted by Gasteiger charge is -2.20. The van der Waals surface area contributed by atoms with Crippen LogP contribution in [-0.2, 0) is 11.2 Å². The van der Waals surface area contributed by atoms with E-state index in [9.17, 15) is 4.79 Å². The van der Waals surface area contributed by atoms with Crippen molar-refractivity contribution in [2.75, 3.05) is 39.8 Å². The molecule has 0 amide bonds. The molecule has 0 N–H and O–H groups in total. The van der Waals surface area contributed by atoms with Gasteiger partial charge in [0.25, 0.3) is 0 Å². The van der Waals surface area contributed by atoms with Gasteiger partial charge in [0, 0.05) is 25.5 Å². The largest absolute Gasteiger partial charge is 0.493 e. The summed E-state index contributed by atoms with van der Waals surface area (Å²) < 4.78 is 15.3. The first kappa shape index (κ1) is 17.6. The average molecular weight is 330 g/mol. The van der Waals surface area contributed by atoms with E-state index >= 15 is 0 Å². The summed E-state index contributed by atoms with van der Waals surface area (Å²) in [7, 11) is 6.56. The van der Waals surface area contributed by atoms with Crippen LogP contribution in [0.4, 0.5) is 5.69 Å². The molecule has 0 spiro atoms. The Bertz CT molecular complexity index is 703. The van der Waals surface area contributed by atoms with Gasteiger partial charge in [0.2, 0.25) is 0 Å². The average Bonchev–Trinajstić information content (AvgIpc) is 2.65. The maximum absolute atomic E-state index is 11.6. The molecule has 1 heterocycles. The van der Waals surface area contributed by atoms with Crippen LogP contribution in [0, 0.1) is 0 Å². The van der Waals surface area contributed by atoms with Crippen molar-refractivity contribution in [1.82, 2.24) is 4.98 Å². The summed E-state index contributed by atoms with van der Waals surface area (Å²) in [5.74, 6) is 0.992. The van der Waals surface area contributed by atoms with Gasteiger partial charge in [-0.05, 0) is 36.2 Å². The van der Waals surface area contributed by atoms with Gasteiger partial charge in [-0.15, -0.1) is 0 Å². The summed E-state index contributed by atoms with van der Waals surface area (Å²) in [6.07, 6.45) is 2.43. The highest BCUT2D eigenvalue weighted by molar-refractivity contribution is 5.88. The second-order valence-corrected chi connectivity index (χ2v) is 5.25. The molecule has 6 nitrogen and oxygen atoms in total. The number of methoxy groups -OCH3 is 3. The van der Waals surface area contributed by atoms with E-state index in [1.807, 2.05) is 31.3 Å². The zero-order valence-corrected chi connectivity index (χ0v) is 14.4. The molecular weight excluding hydrogens is 308 g/mol. The molecule has 0 aliphatic rings. The van der Waals surface area contributed by atoms with Gasteiger partial charge >= 0.3 is 5.97 Å². The van der Waals surface area contributed by atoms with Crippen LogP contribution >= 0.6 is 0 Å². The normalized spacial score (nSPS) is 10.2. The van der Waals surface area contributed by atoms with Gasteiger partial charge in [0.1, 0.15) is 5.69 Å². The molecule has 6 heteroatoms. The van der Waals surface area contributed by atoms with Gasteiger partial charge in [-0.3, -0.25) is 0 Å². The lowest BCUT2D eigenvalue weighted by atomic mass is 10.1. The molecule has 1 aromatic heterocycles. The Morgan fingerprint density at radius 2 is 1.83 bits per heavy atom. The predicted molar refractivity (Wildman–Crippen MR) is 92.1 cm³/mol.